The molecule has 4 rings (SSSR count). The molecule has 1 aliphatic heterocycles. The standard InChI is InChI=1S/C25H27BrN2O5/c1-5-33-24-15(26)11-14(12-19(24)31-3)22-21-18(27-16-8-6-7-9-17(16)28-22)10-13(2)20(23(21)29)25(30)32-4/h6-9,11-13,20,22,27-28H,5,10H2,1-4H3/t13-,20-,22-/m0/s1. The Kier molecular flexibility index (Phi) is 6.65. The maximum atomic E-state index is 13.8. The summed E-state index contributed by atoms with van der Waals surface area (Å²) in [5.74, 6) is -0.641. The van der Waals surface area contributed by atoms with E-state index in [-0.39, 0.29) is 11.7 Å². The number of carbonyl (C=O) groups excluding carboxylic acids is 2. The zero-order valence-corrected chi connectivity index (χ0v) is 20.6. The van der Waals surface area contributed by atoms with Gasteiger partial charge in [0.1, 0.15) is 5.92 Å². The molecule has 1 heterocycles. The maximum absolute atomic E-state index is 13.8. The van der Waals surface area contributed by atoms with Crippen molar-refractivity contribution >= 4 is 39.1 Å². The number of esters is 1. The minimum atomic E-state index is -0.853. The summed E-state index contributed by atoms with van der Waals surface area (Å²) in [5, 5.41) is 6.97. The number of para-hydroxylation sites is 2. The highest BCUT2D eigenvalue weighted by atomic mass is 79.9. The SMILES string of the molecule is CCOc1c(Br)cc([C@@H]2Nc3ccccc3NC3=C2C(=O)[C@@H](C(=O)OC)[C@@H](C)C3)cc1OC. The zero-order chi connectivity index (χ0) is 23.7. The Morgan fingerprint density at radius 2 is 1.91 bits per heavy atom. The summed E-state index contributed by atoms with van der Waals surface area (Å²) in [5.41, 5.74) is 3.87. The van der Waals surface area contributed by atoms with Crippen molar-refractivity contribution in [2.75, 3.05) is 31.5 Å². The molecule has 0 aromatic heterocycles. The maximum Gasteiger partial charge on any atom is 0.316 e. The quantitative estimate of drug-likeness (QED) is 0.424. The number of hydrogen-bond acceptors (Lipinski definition) is 7. The number of anilines is 2. The fraction of sp³-hybridized carbons (Fsp3) is 0.360. The fourth-order valence-electron chi connectivity index (χ4n) is 4.57. The Labute approximate surface area is 201 Å². The number of benzene rings is 2. The number of Topliss-reactive ketones (excluding diaryl/α,β-unsaturated/α-hetero) is 1. The molecule has 2 N–H and O–H groups in total. The smallest absolute Gasteiger partial charge is 0.316 e. The van der Waals surface area contributed by atoms with Crippen molar-refractivity contribution in [3.8, 4) is 11.5 Å². The van der Waals surface area contributed by atoms with Crippen LogP contribution < -0.4 is 20.1 Å². The Morgan fingerprint density at radius 3 is 2.58 bits per heavy atom. The lowest BCUT2D eigenvalue weighted by atomic mass is 9.75. The Morgan fingerprint density at radius 1 is 1.18 bits per heavy atom. The van der Waals surface area contributed by atoms with Gasteiger partial charge in [0, 0.05) is 11.3 Å². The fourth-order valence-corrected chi connectivity index (χ4v) is 5.15. The van der Waals surface area contributed by atoms with Gasteiger partial charge in [0.05, 0.1) is 42.7 Å². The van der Waals surface area contributed by atoms with Crippen molar-refractivity contribution in [3.05, 3.63) is 57.7 Å². The highest BCUT2D eigenvalue weighted by molar-refractivity contribution is 9.10. The molecular formula is C25H27BrN2O5. The molecule has 174 valence electrons. The van der Waals surface area contributed by atoms with Crippen LogP contribution in [0.5, 0.6) is 11.5 Å². The summed E-state index contributed by atoms with van der Waals surface area (Å²) in [4.78, 5) is 26.3. The average Bonchev–Trinajstić information content (AvgIpc) is 2.96. The molecular weight excluding hydrogens is 488 g/mol. The molecule has 7 nitrogen and oxygen atoms in total. The molecule has 0 amide bonds. The van der Waals surface area contributed by atoms with E-state index in [1.807, 2.05) is 50.2 Å². The van der Waals surface area contributed by atoms with E-state index in [1.54, 1.807) is 7.11 Å². The van der Waals surface area contributed by atoms with Crippen LogP contribution in [0.1, 0.15) is 31.9 Å². The highest BCUT2D eigenvalue weighted by Gasteiger charge is 2.44. The van der Waals surface area contributed by atoms with Crippen LogP contribution >= 0.6 is 15.9 Å². The third-order valence-corrected chi connectivity index (χ3v) is 6.69. The summed E-state index contributed by atoms with van der Waals surface area (Å²) in [6.45, 7) is 4.29. The van der Waals surface area contributed by atoms with E-state index < -0.39 is 17.9 Å². The normalized spacial score (nSPS) is 21.7. The first-order chi connectivity index (χ1) is 15.9. The minimum absolute atomic E-state index is 0.191. The second-order valence-corrected chi connectivity index (χ2v) is 9.01. The van der Waals surface area contributed by atoms with Gasteiger partial charge < -0.3 is 24.8 Å². The van der Waals surface area contributed by atoms with E-state index in [1.165, 1.54) is 7.11 Å². The highest BCUT2D eigenvalue weighted by Crippen LogP contribution is 2.46. The molecule has 2 aliphatic rings. The van der Waals surface area contributed by atoms with Crippen molar-refractivity contribution in [1.82, 2.24) is 0 Å². The number of ketones is 1. The summed E-state index contributed by atoms with van der Waals surface area (Å²) < 4.78 is 17.0. The molecule has 2 aromatic rings. The zero-order valence-electron chi connectivity index (χ0n) is 19.0. The van der Waals surface area contributed by atoms with Crippen LogP contribution in [0.25, 0.3) is 0 Å². The number of fused-ring (bicyclic) bond motifs is 1. The van der Waals surface area contributed by atoms with Gasteiger partial charge in [0.25, 0.3) is 0 Å². The van der Waals surface area contributed by atoms with Crippen LogP contribution in [0.3, 0.4) is 0 Å². The molecule has 0 fully saturated rings. The number of nitrogens with one attached hydrogen (secondary N) is 2. The topological polar surface area (TPSA) is 85.9 Å². The van der Waals surface area contributed by atoms with Gasteiger partial charge in [-0.15, -0.1) is 0 Å². The molecule has 0 radical (unpaired) electrons. The van der Waals surface area contributed by atoms with Gasteiger partial charge in [0.2, 0.25) is 0 Å². The lowest BCUT2D eigenvalue weighted by molar-refractivity contribution is -0.151. The first-order valence-corrected chi connectivity index (χ1v) is 11.7. The van der Waals surface area contributed by atoms with Crippen LogP contribution in [0, 0.1) is 11.8 Å². The Hall–Kier alpha value is -3.00. The number of rotatable bonds is 5. The van der Waals surface area contributed by atoms with Gasteiger partial charge in [-0.2, -0.15) is 0 Å². The lowest BCUT2D eigenvalue weighted by Crippen LogP contribution is -2.39. The van der Waals surface area contributed by atoms with Crippen molar-refractivity contribution in [2.45, 2.75) is 26.3 Å². The second-order valence-electron chi connectivity index (χ2n) is 8.15. The number of methoxy groups -OCH3 is 2. The summed E-state index contributed by atoms with van der Waals surface area (Å²) in [7, 11) is 2.90. The van der Waals surface area contributed by atoms with Crippen molar-refractivity contribution in [1.29, 1.82) is 0 Å². The Bertz CT molecular complexity index is 1130. The van der Waals surface area contributed by atoms with Crippen LogP contribution in [-0.2, 0) is 14.3 Å². The number of carbonyl (C=O) groups is 2. The molecule has 0 saturated carbocycles. The summed E-state index contributed by atoms with van der Waals surface area (Å²) >= 11 is 3.59. The third-order valence-electron chi connectivity index (χ3n) is 6.10. The number of halogens is 1. The van der Waals surface area contributed by atoms with E-state index in [0.29, 0.717) is 34.6 Å². The monoisotopic (exact) mass is 514 g/mol. The van der Waals surface area contributed by atoms with Gasteiger partial charge in [-0.05, 0) is 65.0 Å². The number of ether oxygens (including phenoxy) is 3. The minimum Gasteiger partial charge on any atom is -0.493 e. The molecule has 0 bridgehead atoms. The average molecular weight is 515 g/mol. The number of hydrogen-bond donors (Lipinski definition) is 2. The molecule has 0 spiro atoms. The van der Waals surface area contributed by atoms with Crippen molar-refractivity contribution in [2.24, 2.45) is 11.8 Å². The van der Waals surface area contributed by atoms with E-state index in [9.17, 15) is 9.59 Å². The second kappa shape index (κ2) is 9.47. The first kappa shape index (κ1) is 23.2. The van der Waals surface area contributed by atoms with E-state index in [0.717, 1.165) is 22.6 Å². The van der Waals surface area contributed by atoms with Crippen LogP contribution in [0.4, 0.5) is 11.4 Å². The predicted molar refractivity (Wildman–Crippen MR) is 130 cm³/mol. The van der Waals surface area contributed by atoms with Crippen LogP contribution in [0.15, 0.2) is 52.1 Å². The van der Waals surface area contributed by atoms with Crippen molar-refractivity contribution < 1.29 is 23.8 Å². The van der Waals surface area contributed by atoms with Crippen LogP contribution in [0.2, 0.25) is 0 Å². The van der Waals surface area contributed by atoms with Gasteiger partial charge in [0.15, 0.2) is 17.3 Å². The lowest BCUT2D eigenvalue weighted by Gasteiger charge is -2.32. The summed E-state index contributed by atoms with van der Waals surface area (Å²) in [6, 6.07) is 11.1. The molecule has 33 heavy (non-hydrogen) atoms. The van der Waals surface area contributed by atoms with Gasteiger partial charge >= 0.3 is 5.97 Å². The summed E-state index contributed by atoms with van der Waals surface area (Å²) in [6.07, 6.45) is 0.544. The van der Waals surface area contributed by atoms with E-state index in [2.05, 4.69) is 26.6 Å². The van der Waals surface area contributed by atoms with Gasteiger partial charge in [-0.3, -0.25) is 9.59 Å². The van der Waals surface area contributed by atoms with E-state index >= 15 is 0 Å². The van der Waals surface area contributed by atoms with E-state index in [4.69, 9.17) is 14.2 Å². The number of allylic oxidation sites excluding steroid dienone is 1. The van der Waals surface area contributed by atoms with Gasteiger partial charge in [-0.25, -0.2) is 0 Å². The molecule has 1 aliphatic carbocycles. The van der Waals surface area contributed by atoms with Crippen LogP contribution in [-0.4, -0.2) is 32.6 Å². The molecule has 2 aromatic carbocycles. The molecule has 3 atom stereocenters. The molecule has 8 heteroatoms. The first-order valence-electron chi connectivity index (χ1n) is 10.9. The molecule has 0 saturated heterocycles. The van der Waals surface area contributed by atoms with Gasteiger partial charge in [-0.1, -0.05) is 19.1 Å². The van der Waals surface area contributed by atoms with Crippen molar-refractivity contribution in [3.63, 3.8) is 0 Å². The molecule has 0 unspecified atom stereocenters. The largest absolute Gasteiger partial charge is 0.493 e. The predicted octanol–water partition coefficient (Wildman–Crippen LogP) is 5.09. The third kappa shape index (κ3) is 4.19. The Balaban J connectivity index is 1.90.